The van der Waals surface area contributed by atoms with Crippen LogP contribution < -0.4 is 10.3 Å². The van der Waals surface area contributed by atoms with Crippen molar-refractivity contribution >= 4 is 0 Å². The van der Waals surface area contributed by atoms with Crippen LogP contribution in [0.2, 0.25) is 0 Å². The van der Waals surface area contributed by atoms with E-state index in [0.717, 1.165) is 0 Å². The molecule has 106 valence electrons. The normalized spacial score (nSPS) is 11.4. The second-order valence-corrected chi connectivity index (χ2v) is 4.10. The summed E-state index contributed by atoms with van der Waals surface area (Å²) in [5, 5.41) is 0. The number of rotatable bonds is 2. The van der Waals surface area contributed by atoms with Gasteiger partial charge < -0.3 is 9.72 Å². The van der Waals surface area contributed by atoms with Crippen molar-refractivity contribution in [3.8, 4) is 17.0 Å². The molecule has 0 atom stereocenters. The first kappa shape index (κ1) is 14.1. The summed E-state index contributed by atoms with van der Waals surface area (Å²) in [6.07, 6.45) is -4.77. The molecule has 0 aliphatic carbocycles. The first-order chi connectivity index (χ1) is 9.32. The molecular formula is C13H11F3N2O2. The summed E-state index contributed by atoms with van der Waals surface area (Å²) in [5.41, 5.74) is -2.68. The molecule has 1 heterocycles. The van der Waals surface area contributed by atoms with E-state index in [9.17, 15) is 18.0 Å². The maximum absolute atomic E-state index is 13.0. The maximum Gasteiger partial charge on any atom is 0.423 e. The number of nitrogens with zero attached hydrogens (tertiary/aromatic N) is 1. The number of hydrogen-bond acceptors (Lipinski definition) is 3. The standard InChI is InChI=1S/C13H11F3N2O2/c1-7-17-11(8-3-5-9(20-2)6-4-8)10(12(19)18-7)13(14,15)16/h3-6H,1-2H3,(H,17,18,19). The fourth-order valence-corrected chi connectivity index (χ4v) is 1.81. The quantitative estimate of drug-likeness (QED) is 0.922. The largest absolute Gasteiger partial charge is 0.497 e. The molecule has 0 saturated carbocycles. The van der Waals surface area contributed by atoms with Crippen LogP contribution in [0.3, 0.4) is 0 Å². The Balaban J connectivity index is 2.68. The predicted molar refractivity (Wildman–Crippen MR) is 66.6 cm³/mol. The predicted octanol–water partition coefficient (Wildman–Crippen LogP) is 2.77. The molecule has 1 aromatic carbocycles. The molecule has 0 fully saturated rings. The first-order valence-electron chi connectivity index (χ1n) is 5.65. The third kappa shape index (κ3) is 2.66. The highest BCUT2D eigenvalue weighted by molar-refractivity contribution is 5.64. The summed E-state index contributed by atoms with van der Waals surface area (Å²) in [5.74, 6) is 0.623. The molecule has 20 heavy (non-hydrogen) atoms. The summed E-state index contributed by atoms with van der Waals surface area (Å²) in [7, 11) is 1.45. The van der Waals surface area contributed by atoms with Gasteiger partial charge in [-0.2, -0.15) is 13.2 Å². The summed E-state index contributed by atoms with van der Waals surface area (Å²) in [6.45, 7) is 1.43. The maximum atomic E-state index is 13.0. The summed E-state index contributed by atoms with van der Waals surface area (Å²) in [6, 6.07) is 5.87. The molecule has 0 bridgehead atoms. The van der Waals surface area contributed by atoms with Crippen molar-refractivity contribution in [2.75, 3.05) is 7.11 Å². The lowest BCUT2D eigenvalue weighted by Crippen LogP contribution is -2.24. The van der Waals surface area contributed by atoms with Crippen molar-refractivity contribution in [1.29, 1.82) is 0 Å². The molecule has 2 rings (SSSR count). The number of hydrogen-bond donors (Lipinski definition) is 1. The number of nitrogens with one attached hydrogen (secondary N) is 1. The van der Waals surface area contributed by atoms with Gasteiger partial charge in [0.2, 0.25) is 0 Å². The molecule has 0 aliphatic heterocycles. The van der Waals surface area contributed by atoms with Gasteiger partial charge in [0.15, 0.2) is 0 Å². The number of H-pyrrole nitrogens is 1. The monoisotopic (exact) mass is 284 g/mol. The lowest BCUT2D eigenvalue weighted by atomic mass is 10.1. The van der Waals surface area contributed by atoms with Gasteiger partial charge in [-0.15, -0.1) is 0 Å². The Morgan fingerprint density at radius 2 is 1.80 bits per heavy atom. The van der Waals surface area contributed by atoms with Gasteiger partial charge in [0.05, 0.1) is 12.8 Å². The van der Waals surface area contributed by atoms with E-state index in [1.165, 1.54) is 38.3 Å². The Hall–Kier alpha value is -2.31. The zero-order valence-corrected chi connectivity index (χ0v) is 10.7. The fraction of sp³-hybridized carbons (Fsp3) is 0.231. The number of aromatic amines is 1. The van der Waals surface area contributed by atoms with Gasteiger partial charge in [-0.25, -0.2) is 4.98 Å². The van der Waals surface area contributed by atoms with E-state index < -0.39 is 17.3 Å². The van der Waals surface area contributed by atoms with Gasteiger partial charge in [-0.05, 0) is 31.2 Å². The van der Waals surface area contributed by atoms with Crippen LogP contribution in [-0.4, -0.2) is 17.1 Å². The third-order valence-corrected chi connectivity index (χ3v) is 2.68. The van der Waals surface area contributed by atoms with E-state index in [1.807, 2.05) is 0 Å². The van der Waals surface area contributed by atoms with Crippen LogP contribution in [0.25, 0.3) is 11.3 Å². The van der Waals surface area contributed by atoms with E-state index >= 15 is 0 Å². The van der Waals surface area contributed by atoms with Gasteiger partial charge in [-0.3, -0.25) is 4.79 Å². The first-order valence-corrected chi connectivity index (χ1v) is 5.65. The molecule has 1 N–H and O–H groups in total. The van der Waals surface area contributed by atoms with Crippen LogP contribution in [0.15, 0.2) is 29.1 Å². The van der Waals surface area contributed by atoms with Crippen molar-refractivity contribution in [3.63, 3.8) is 0 Å². The van der Waals surface area contributed by atoms with Crippen LogP contribution in [-0.2, 0) is 6.18 Å². The minimum absolute atomic E-state index is 0.119. The zero-order chi connectivity index (χ0) is 14.9. The van der Waals surface area contributed by atoms with Gasteiger partial charge in [0.25, 0.3) is 5.56 Å². The van der Waals surface area contributed by atoms with E-state index in [4.69, 9.17) is 4.74 Å². The highest BCUT2D eigenvalue weighted by Gasteiger charge is 2.38. The van der Waals surface area contributed by atoms with Gasteiger partial charge in [0.1, 0.15) is 17.1 Å². The minimum Gasteiger partial charge on any atom is -0.497 e. The van der Waals surface area contributed by atoms with Crippen molar-refractivity contribution in [1.82, 2.24) is 9.97 Å². The number of aromatic nitrogens is 2. The molecule has 4 nitrogen and oxygen atoms in total. The van der Waals surface area contributed by atoms with Crippen molar-refractivity contribution in [2.24, 2.45) is 0 Å². The number of aryl methyl sites for hydroxylation is 1. The molecule has 0 amide bonds. The van der Waals surface area contributed by atoms with E-state index in [2.05, 4.69) is 9.97 Å². The summed E-state index contributed by atoms with van der Waals surface area (Å²) >= 11 is 0. The number of ether oxygens (including phenoxy) is 1. The van der Waals surface area contributed by atoms with E-state index in [1.54, 1.807) is 0 Å². The molecule has 0 radical (unpaired) electrons. The second-order valence-electron chi connectivity index (χ2n) is 4.10. The van der Waals surface area contributed by atoms with Gasteiger partial charge >= 0.3 is 6.18 Å². The number of alkyl halides is 3. The van der Waals surface area contributed by atoms with Crippen LogP contribution >= 0.6 is 0 Å². The SMILES string of the molecule is COc1ccc(-c2nc(C)[nH]c(=O)c2C(F)(F)F)cc1. The zero-order valence-electron chi connectivity index (χ0n) is 10.7. The van der Waals surface area contributed by atoms with Crippen molar-refractivity contribution in [2.45, 2.75) is 13.1 Å². The molecule has 0 saturated heterocycles. The van der Waals surface area contributed by atoms with Gasteiger partial charge in [-0.1, -0.05) is 0 Å². The average molecular weight is 284 g/mol. The van der Waals surface area contributed by atoms with Crippen LogP contribution in [0.5, 0.6) is 5.75 Å². The Labute approximate surface area is 112 Å². The van der Waals surface area contributed by atoms with Crippen LogP contribution in [0.4, 0.5) is 13.2 Å². The molecule has 7 heteroatoms. The molecule has 1 aromatic heterocycles. The van der Waals surface area contributed by atoms with E-state index in [0.29, 0.717) is 5.75 Å². The van der Waals surface area contributed by atoms with Crippen LogP contribution in [0.1, 0.15) is 11.4 Å². The molecule has 0 aliphatic rings. The molecule has 0 unspecified atom stereocenters. The molecule has 0 spiro atoms. The Morgan fingerprint density at radius 3 is 2.30 bits per heavy atom. The summed E-state index contributed by atoms with van der Waals surface area (Å²) < 4.78 is 43.9. The molecule has 2 aromatic rings. The lowest BCUT2D eigenvalue weighted by Gasteiger charge is -2.12. The smallest absolute Gasteiger partial charge is 0.423 e. The Bertz CT molecular complexity index is 675. The lowest BCUT2D eigenvalue weighted by molar-refractivity contribution is -0.138. The number of methoxy groups -OCH3 is 1. The molecular weight excluding hydrogens is 273 g/mol. The Kier molecular flexibility index (Phi) is 3.52. The van der Waals surface area contributed by atoms with Crippen molar-refractivity contribution < 1.29 is 17.9 Å². The highest BCUT2D eigenvalue weighted by Crippen LogP contribution is 2.33. The topological polar surface area (TPSA) is 55.0 Å². The fourth-order valence-electron chi connectivity index (χ4n) is 1.81. The van der Waals surface area contributed by atoms with Crippen molar-refractivity contribution in [3.05, 3.63) is 46.0 Å². The van der Waals surface area contributed by atoms with Gasteiger partial charge in [0, 0.05) is 5.56 Å². The third-order valence-electron chi connectivity index (χ3n) is 2.68. The minimum atomic E-state index is -4.77. The van der Waals surface area contributed by atoms with E-state index in [-0.39, 0.29) is 17.1 Å². The second kappa shape index (κ2) is 4.99. The highest BCUT2D eigenvalue weighted by atomic mass is 19.4. The van der Waals surface area contributed by atoms with Crippen LogP contribution in [0, 0.1) is 6.92 Å². The number of halogens is 3. The summed E-state index contributed by atoms with van der Waals surface area (Å²) in [4.78, 5) is 17.4. The number of benzene rings is 1. The Morgan fingerprint density at radius 1 is 1.20 bits per heavy atom. The average Bonchev–Trinajstić information content (AvgIpc) is 2.36.